The van der Waals surface area contributed by atoms with E-state index in [1.54, 1.807) is 12.1 Å². The Morgan fingerprint density at radius 1 is 1.20 bits per heavy atom. The molecule has 0 unspecified atom stereocenters. The van der Waals surface area contributed by atoms with Crippen LogP contribution >= 0.6 is 0 Å². The van der Waals surface area contributed by atoms with Crippen molar-refractivity contribution in [1.82, 2.24) is 9.55 Å². The number of hydrogen-bond donors (Lipinski definition) is 1. The van der Waals surface area contributed by atoms with E-state index in [-0.39, 0.29) is 36.1 Å². The van der Waals surface area contributed by atoms with Gasteiger partial charge in [0, 0.05) is 18.5 Å². The highest BCUT2D eigenvalue weighted by molar-refractivity contribution is 5.88. The van der Waals surface area contributed by atoms with Crippen LogP contribution in [-0.2, 0) is 32.0 Å². The predicted octanol–water partition coefficient (Wildman–Crippen LogP) is 4.98. The number of carboxylic acids is 1. The van der Waals surface area contributed by atoms with Crippen molar-refractivity contribution in [2.24, 2.45) is 0 Å². The standard InChI is InChI=1S/C26H35FN2O6/c1-7-20-22(24(31)32)28-23(16-8-10-17(27)11-9-16)29(20)13-12-18-14-19(34-26(5,6)33-18)15-21(30)35-25(2,3)4/h8-11,18-19H,7,12-15H2,1-6H3,(H,31,32)/t18-,19-/m1/s1. The van der Waals surface area contributed by atoms with Crippen LogP contribution in [0.25, 0.3) is 11.4 Å². The smallest absolute Gasteiger partial charge is 0.356 e. The lowest BCUT2D eigenvalue weighted by Gasteiger charge is -2.41. The number of carbonyl (C=O) groups excluding carboxylic acids is 1. The summed E-state index contributed by atoms with van der Waals surface area (Å²) in [4.78, 5) is 28.6. The summed E-state index contributed by atoms with van der Waals surface area (Å²) in [6.45, 7) is 11.4. The molecule has 192 valence electrons. The zero-order chi connectivity index (χ0) is 26.0. The number of benzene rings is 1. The Hall–Kier alpha value is -2.78. The largest absolute Gasteiger partial charge is 0.476 e. The van der Waals surface area contributed by atoms with E-state index in [0.717, 1.165) is 0 Å². The molecule has 0 saturated carbocycles. The molecular weight excluding hydrogens is 455 g/mol. The number of aromatic nitrogens is 2. The molecule has 35 heavy (non-hydrogen) atoms. The van der Waals surface area contributed by atoms with E-state index in [2.05, 4.69) is 4.98 Å². The van der Waals surface area contributed by atoms with Crippen LogP contribution in [-0.4, -0.2) is 50.2 Å². The molecule has 3 rings (SSSR count). The second kappa shape index (κ2) is 10.5. The van der Waals surface area contributed by atoms with Crippen molar-refractivity contribution in [3.8, 4) is 11.4 Å². The average molecular weight is 491 g/mol. The summed E-state index contributed by atoms with van der Waals surface area (Å²) in [5, 5.41) is 9.69. The van der Waals surface area contributed by atoms with Gasteiger partial charge in [-0.3, -0.25) is 4.79 Å². The maximum Gasteiger partial charge on any atom is 0.356 e. The predicted molar refractivity (Wildman–Crippen MR) is 127 cm³/mol. The summed E-state index contributed by atoms with van der Waals surface area (Å²) >= 11 is 0. The number of aromatic carboxylic acids is 1. The highest BCUT2D eigenvalue weighted by Gasteiger charge is 2.37. The topological polar surface area (TPSA) is 99.9 Å². The van der Waals surface area contributed by atoms with Gasteiger partial charge in [0.2, 0.25) is 0 Å². The van der Waals surface area contributed by atoms with Gasteiger partial charge in [0.05, 0.1) is 24.3 Å². The molecule has 2 atom stereocenters. The van der Waals surface area contributed by atoms with Crippen molar-refractivity contribution < 1.29 is 33.3 Å². The van der Waals surface area contributed by atoms with E-state index in [4.69, 9.17) is 14.2 Å². The van der Waals surface area contributed by atoms with Gasteiger partial charge in [0.25, 0.3) is 0 Å². The van der Waals surface area contributed by atoms with Crippen LogP contribution in [0.15, 0.2) is 24.3 Å². The lowest BCUT2D eigenvalue weighted by Crippen LogP contribution is -2.46. The van der Waals surface area contributed by atoms with E-state index < -0.39 is 17.4 Å². The molecule has 0 amide bonds. The molecule has 2 heterocycles. The van der Waals surface area contributed by atoms with E-state index in [0.29, 0.717) is 42.9 Å². The third-order valence-electron chi connectivity index (χ3n) is 5.63. The number of rotatable bonds is 8. The molecule has 1 aliphatic rings. The van der Waals surface area contributed by atoms with Gasteiger partial charge >= 0.3 is 11.9 Å². The van der Waals surface area contributed by atoms with E-state index in [1.807, 2.05) is 46.1 Å². The fraction of sp³-hybridized carbons (Fsp3) is 0.577. The number of carbonyl (C=O) groups is 2. The summed E-state index contributed by atoms with van der Waals surface area (Å²) in [7, 11) is 0. The molecule has 0 aliphatic carbocycles. The van der Waals surface area contributed by atoms with Gasteiger partial charge in [-0.05, 0) is 71.7 Å². The Bertz CT molecular complexity index is 1060. The molecule has 9 heteroatoms. The third kappa shape index (κ3) is 7.11. The molecule has 8 nitrogen and oxygen atoms in total. The first kappa shape index (κ1) is 26.8. The summed E-state index contributed by atoms with van der Waals surface area (Å²) in [5.41, 5.74) is 0.634. The minimum atomic E-state index is -1.11. The Kier molecular flexibility index (Phi) is 8.01. The Balaban J connectivity index is 1.81. The fourth-order valence-electron chi connectivity index (χ4n) is 4.44. The van der Waals surface area contributed by atoms with Gasteiger partial charge in [-0.2, -0.15) is 0 Å². The van der Waals surface area contributed by atoms with Gasteiger partial charge in [-0.15, -0.1) is 0 Å². The van der Waals surface area contributed by atoms with Gasteiger partial charge in [-0.25, -0.2) is 14.2 Å². The molecule has 2 aromatic rings. The summed E-state index contributed by atoms with van der Waals surface area (Å²) in [5.74, 6) is -2.23. The van der Waals surface area contributed by atoms with Crippen LogP contribution in [0.3, 0.4) is 0 Å². The fourth-order valence-corrected chi connectivity index (χ4v) is 4.44. The van der Waals surface area contributed by atoms with Crippen molar-refractivity contribution >= 4 is 11.9 Å². The van der Waals surface area contributed by atoms with Crippen molar-refractivity contribution in [1.29, 1.82) is 0 Å². The summed E-state index contributed by atoms with van der Waals surface area (Å²) in [6, 6.07) is 5.83. The monoisotopic (exact) mass is 490 g/mol. The molecule has 1 N–H and O–H groups in total. The van der Waals surface area contributed by atoms with Crippen molar-refractivity contribution in [3.05, 3.63) is 41.5 Å². The van der Waals surface area contributed by atoms with Crippen LogP contribution in [0.4, 0.5) is 4.39 Å². The molecule has 0 spiro atoms. The Morgan fingerprint density at radius 3 is 2.40 bits per heavy atom. The highest BCUT2D eigenvalue weighted by atomic mass is 19.1. The van der Waals surface area contributed by atoms with E-state index in [1.165, 1.54) is 12.1 Å². The molecule has 1 fully saturated rings. The maximum atomic E-state index is 13.5. The van der Waals surface area contributed by atoms with Crippen molar-refractivity contribution in [2.75, 3.05) is 0 Å². The van der Waals surface area contributed by atoms with Gasteiger partial charge < -0.3 is 23.9 Å². The molecule has 0 radical (unpaired) electrons. The van der Waals surface area contributed by atoms with E-state index in [9.17, 15) is 19.1 Å². The highest BCUT2D eigenvalue weighted by Crippen LogP contribution is 2.32. The number of esters is 1. The maximum absolute atomic E-state index is 13.5. The lowest BCUT2D eigenvalue weighted by atomic mass is 10.0. The summed E-state index contributed by atoms with van der Waals surface area (Å²) < 4.78 is 32.9. The van der Waals surface area contributed by atoms with Crippen LogP contribution in [0.5, 0.6) is 0 Å². The molecule has 0 bridgehead atoms. The SMILES string of the molecule is CCc1c(C(=O)O)nc(-c2ccc(F)cc2)n1CC[C@@H]1C[C@H](CC(=O)OC(C)(C)C)OC(C)(C)O1. The van der Waals surface area contributed by atoms with Gasteiger partial charge in [0.1, 0.15) is 17.2 Å². The molecule has 1 saturated heterocycles. The number of nitrogens with zero attached hydrogens (tertiary/aromatic N) is 2. The molecule has 1 aromatic heterocycles. The van der Waals surface area contributed by atoms with Crippen LogP contribution in [0.1, 0.15) is 77.0 Å². The van der Waals surface area contributed by atoms with Gasteiger partial charge in [-0.1, -0.05) is 6.92 Å². The molecule has 1 aliphatic heterocycles. The number of imidazole rings is 1. The number of ether oxygens (including phenoxy) is 3. The second-order valence-electron chi connectivity index (χ2n) is 10.2. The number of carboxylic acid groups (broad SMARTS) is 1. The zero-order valence-corrected chi connectivity index (χ0v) is 21.3. The molecular formula is C26H35FN2O6. The summed E-state index contributed by atoms with van der Waals surface area (Å²) in [6.07, 6.45) is 1.04. The minimum Gasteiger partial charge on any atom is -0.476 e. The Morgan fingerprint density at radius 2 is 1.83 bits per heavy atom. The normalized spacial score (nSPS) is 20.0. The zero-order valence-electron chi connectivity index (χ0n) is 21.3. The molecule has 1 aromatic carbocycles. The van der Waals surface area contributed by atoms with Gasteiger partial charge in [0.15, 0.2) is 11.5 Å². The number of halogens is 1. The third-order valence-corrected chi connectivity index (χ3v) is 5.63. The average Bonchev–Trinajstić information content (AvgIpc) is 3.09. The van der Waals surface area contributed by atoms with Crippen LogP contribution in [0, 0.1) is 5.82 Å². The van der Waals surface area contributed by atoms with Crippen molar-refractivity contribution in [2.45, 2.75) is 97.4 Å². The first-order valence-electron chi connectivity index (χ1n) is 11.9. The quantitative estimate of drug-likeness (QED) is 0.521. The Labute approximate surface area is 205 Å². The minimum absolute atomic E-state index is 0.0112. The van der Waals surface area contributed by atoms with Crippen LogP contribution in [0.2, 0.25) is 0 Å². The first-order valence-corrected chi connectivity index (χ1v) is 11.9. The first-order chi connectivity index (χ1) is 16.3. The van der Waals surface area contributed by atoms with Crippen molar-refractivity contribution in [3.63, 3.8) is 0 Å². The van der Waals surface area contributed by atoms with E-state index >= 15 is 0 Å². The second-order valence-corrected chi connectivity index (χ2v) is 10.2. The lowest BCUT2D eigenvalue weighted by molar-refractivity contribution is -0.301. The van der Waals surface area contributed by atoms with Crippen LogP contribution < -0.4 is 0 Å². The number of hydrogen-bond acceptors (Lipinski definition) is 6.